The van der Waals surface area contributed by atoms with Crippen LogP contribution in [0.15, 0.2) is 12.4 Å². The molecule has 1 saturated heterocycles. The third-order valence-electron chi connectivity index (χ3n) is 2.88. The standard InChI is InChI=1S/C11H19N3O/c1-2-14-5-4-13-11(14)8-12-7-10-3-6-15-9-10/h4-5,10,12H,2-3,6-9H2,1H3. The SMILES string of the molecule is CCn1ccnc1CNCC1CCOC1. The van der Waals surface area contributed by atoms with Gasteiger partial charge >= 0.3 is 0 Å². The second-order valence-corrected chi connectivity index (χ2v) is 3.99. The van der Waals surface area contributed by atoms with Crippen LogP contribution in [0.25, 0.3) is 0 Å². The van der Waals surface area contributed by atoms with Gasteiger partial charge in [-0.25, -0.2) is 4.98 Å². The van der Waals surface area contributed by atoms with Crippen LogP contribution in [0, 0.1) is 5.92 Å². The molecule has 84 valence electrons. The summed E-state index contributed by atoms with van der Waals surface area (Å²) in [5.74, 6) is 1.81. The minimum Gasteiger partial charge on any atom is -0.381 e. The summed E-state index contributed by atoms with van der Waals surface area (Å²) in [6.07, 6.45) is 5.07. The number of imidazole rings is 1. The molecule has 2 heterocycles. The zero-order valence-corrected chi connectivity index (χ0v) is 9.28. The molecule has 0 spiro atoms. The molecule has 1 atom stereocenters. The molecule has 15 heavy (non-hydrogen) atoms. The molecule has 1 unspecified atom stereocenters. The van der Waals surface area contributed by atoms with Crippen molar-refractivity contribution in [3.05, 3.63) is 18.2 Å². The number of rotatable bonds is 5. The van der Waals surface area contributed by atoms with Gasteiger partial charge in [-0.1, -0.05) is 0 Å². The maximum absolute atomic E-state index is 5.33. The van der Waals surface area contributed by atoms with Gasteiger partial charge in [-0.2, -0.15) is 0 Å². The van der Waals surface area contributed by atoms with Gasteiger partial charge in [0.2, 0.25) is 0 Å². The summed E-state index contributed by atoms with van der Waals surface area (Å²) in [6.45, 7) is 6.86. The lowest BCUT2D eigenvalue weighted by molar-refractivity contribution is 0.185. The molecule has 4 heteroatoms. The van der Waals surface area contributed by atoms with Gasteiger partial charge in [0.1, 0.15) is 5.82 Å². The van der Waals surface area contributed by atoms with Crippen LogP contribution in [0.2, 0.25) is 0 Å². The molecule has 0 aliphatic carbocycles. The Kier molecular flexibility index (Phi) is 3.75. The number of hydrogen-bond donors (Lipinski definition) is 1. The Morgan fingerprint density at radius 1 is 1.67 bits per heavy atom. The Morgan fingerprint density at radius 3 is 3.33 bits per heavy atom. The first-order chi connectivity index (χ1) is 7.40. The number of hydrogen-bond acceptors (Lipinski definition) is 3. The Balaban J connectivity index is 1.73. The molecule has 1 aliphatic heterocycles. The van der Waals surface area contributed by atoms with Gasteiger partial charge in [0, 0.05) is 32.1 Å². The highest BCUT2D eigenvalue weighted by Gasteiger charge is 2.14. The molecule has 2 rings (SSSR count). The molecular formula is C11H19N3O. The van der Waals surface area contributed by atoms with Crippen molar-refractivity contribution in [3.63, 3.8) is 0 Å². The minimum atomic E-state index is 0.690. The highest BCUT2D eigenvalue weighted by Crippen LogP contribution is 2.10. The highest BCUT2D eigenvalue weighted by molar-refractivity contribution is 4.91. The summed E-state index contributed by atoms with van der Waals surface area (Å²) in [6, 6.07) is 0. The van der Waals surface area contributed by atoms with Crippen LogP contribution in [-0.4, -0.2) is 29.3 Å². The molecule has 0 saturated carbocycles. The second-order valence-electron chi connectivity index (χ2n) is 3.99. The zero-order chi connectivity index (χ0) is 10.5. The molecule has 0 amide bonds. The molecule has 4 nitrogen and oxygen atoms in total. The third-order valence-corrected chi connectivity index (χ3v) is 2.88. The van der Waals surface area contributed by atoms with E-state index < -0.39 is 0 Å². The monoisotopic (exact) mass is 209 g/mol. The number of ether oxygens (including phenoxy) is 1. The summed E-state index contributed by atoms with van der Waals surface area (Å²) in [5.41, 5.74) is 0. The van der Waals surface area contributed by atoms with Crippen LogP contribution < -0.4 is 5.32 Å². The molecule has 1 fully saturated rings. The molecule has 1 aromatic rings. The van der Waals surface area contributed by atoms with Crippen LogP contribution in [0.4, 0.5) is 0 Å². The normalized spacial score (nSPS) is 21.0. The first-order valence-corrected chi connectivity index (χ1v) is 5.68. The van der Waals surface area contributed by atoms with Crippen molar-refractivity contribution >= 4 is 0 Å². The third kappa shape index (κ3) is 2.79. The molecular weight excluding hydrogens is 190 g/mol. The fraction of sp³-hybridized carbons (Fsp3) is 0.727. The van der Waals surface area contributed by atoms with Crippen molar-refractivity contribution in [2.75, 3.05) is 19.8 Å². The van der Waals surface area contributed by atoms with E-state index in [0.29, 0.717) is 5.92 Å². The van der Waals surface area contributed by atoms with E-state index in [-0.39, 0.29) is 0 Å². The lowest BCUT2D eigenvalue weighted by Gasteiger charge is -2.09. The average molecular weight is 209 g/mol. The number of aromatic nitrogens is 2. The van der Waals surface area contributed by atoms with Gasteiger partial charge in [0.25, 0.3) is 0 Å². The smallest absolute Gasteiger partial charge is 0.122 e. The quantitative estimate of drug-likeness (QED) is 0.787. The van der Waals surface area contributed by atoms with Crippen LogP contribution in [0.3, 0.4) is 0 Å². The van der Waals surface area contributed by atoms with Crippen molar-refractivity contribution in [1.29, 1.82) is 0 Å². The maximum Gasteiger partial charge on any atom is 0.122 e. The van der Waals surface area contributed by atoms with E-state index in [4.69, 9.17) is 4.74 Å². The molecule has 0 bridgehead atoms. The van der Waals surface area contributed by atoms with Crippen LogP contribution in [0.1, 0.15) is 19.2 Å². The molecule has 1 N–H and O–H groups in total. The first kappa shape index (κ1) is 10.6. The summed E-state index contributed by atoms with van der Waals surface area (Å²) in [7, 11) is 0. The Hall–Kier alpha value is -0.870. The van der Waals surface area contributed by atoms with Gasteiger partial charge in [0.15, 0.2) is 0 Å². The van der Waals surface area contributed by atoms with E-state index in [0.717, 1.165) is 38.7 Å². The van der Waals surface area contributed by atoms with Gasteiger partial charge in [-0.15, -0.1) is 0 Å². The van der Waals surface area contributed by atoms with Gasteiger partial charge in [-0.05, 0) is 19.3 Å². The van der Waals surface area contributed by atoms with Crippen molar-refractivity contribution in [2.24, 2.45) is 5.92 Å². The average Bonchev–Trinajstić information content (AvgIpc) is 2.88. The van der Waals surface area contributed by atoms with Crippen LogP contribution in [-0.2, 0) is 17.8 Å². The van der Waals surface area contributed by atoms with Crippen molar-refractivity contribution in [2.45, 2.75) is 26.4 Å². The minimum absolute atomic E-state index is 0.690. The van der Waals surface area contributed by atoms with E-state index in [1.807, 2.05) is 12.4 Å². The summed E-state index contributed by atoms with van der Waals surface area (Å²) < 4.78 is 7.49. The molecule has 0 radical (unpaired) electrons. The van der Waals surface area contributed by atoms with Crippen molar-refractivity contribution in [3.8, 4) is 0 Å². The predicted molar refractivity (Wildman–Crippen MR) is 58.5 cm³/mol. The Labute approximate surface area is 90.6 Å². The number of aryl methyl sites for hydroxylation is 1. The summed E-state index contributed by atoms with van der Waals surface area (Å²) in [4.78, 5) is 4.32. The highest BCUT2D eigenvalue weighted by atomic mass is 16.5. The fourth-order valence-electron chi connectivity index (χ4n) is 1.93. The van der Waals surface area contributed by atoms with E-state index in [9.17, 15) is 0 Å². The predicted octanol–water partition coefficient (Wildman–Crippen LogP) is 1.03. The first-order valence-electron chi connectivity index (χ1n) is 5.68. The van der Waals surface area contributed by atoms with Gasteiger partial charge < -0.3 is 14.6 Å². The maximum atomic E-state index is 5.33. The summed E-state index contributed by atoms with van der Waals surface area (Å²) >= 11 is 0. The molecule has 1 aromatic heterocycles. The van der Waals surface area contributed by atoms with Crippen LogP contribution in [0.5, 0.6) is 0 Å². The van der Waals surface area contributed by atoms with E-state index >= 15 is 0 Å². The molecule has 0 aromatic carbocycles. The van der Waals surface area contributed by atoms with Gasteiger partial charge in [0.05, 0.1) is 13.2 Å². The van der Waals surface area contributed by atoms with E-state index in [1.54, 1.807) is 0 Å². The number of nitrogens with one attached hydrogen (secondary N) is 1. The van der Waals surface area contributed by atoms with Crippen LogP contribution >= 0.6 is 0 Å². The zero-order valence-electron chi connectivity index (χ0n) is 9.28. The van der Waals surface area contributed by atoms with Gasteiger partial charge in [-0.3, -0.25) is 0 Å². The Bertz CT molecular complexity index is 292. The Morgan fingerprint density at radius 2 is 2.60 bits per heavy atom. The topological polar surface area (TPSA) is 39.1 Å². The van der Waals surface area contributed by atoms with E-state index in [1.165, 1.54) is 6.42 Å². The largest absolute Gasteiger partial charge is 0.381 e. The number of nitrogens with zero attached hydrogens (tertiary/aromatic N) is 2. The van der Waals surface area contributed by atoms with E-state index in [2.05, 4.69) is 21.8 Å². The van der Waals surface area contributed by atoms with Crippen molar-refractivity contribution < 1.29 is 4.74 Å². The molecule has 1 aliphatic rings. The lowest BCUT2D eigenvalue weighted by atomic mass is 10.1. The summed E-state index contributed by atoms with van der Waals surface area (Å²) in [5, 5.41) is 3.44. The lowest BCUT2D eigenvalue weighted by Crippen LogP contribution is -2.24. The fourth-order valence-corrected chi connectivity index (χ4v) is 1.93. The second kappa shape index (κ2) is 5.28. The van der Waals surface area contributed by atoms with Crippen molar-refractivity contribution in [1.82, 2.24) is 14.9 Å².